The number of carbonyl (C=O) groups is 2. The normalized spacial score (nSPS) is 20.5. The summed E-state index contributed by atoms with van der Waals surface area (Å²) in [5.41, 5.74) is 0. The lowest BCUT2D eigenvalue weighted by Crippen LogP contribution is -2.51. The van der Waals surface area contributed by atoms with E-state index in [1.54, 1.807) is 7.11 Å². The Morgan fingerprint density at radius 3 is 2.52 bits per heavy atom. The van der Waals surface area contributed by atoms with Crippen molar-refractivity contribution in [3.63, 3.8) is 0 Å². The van der Waals surface area contributed by atoms with Gasteiger partial charge < -0.3 is 20.3 Å². The van der Waals surface area contributed by atoms with Crippen molar-refractivity contribution < 1.29 is 14.3 Å². The minimum Gasteiger partial charge on any atom is -0.383 e. The standard InChI is InChI=1S/C16H30N4O3.2ClH/c1-23-11-6-18-15(21)13-19-7-9-20(10-8-19)16(22)3-2-14-4-5-17-12-14;;/h14,17H,2-13H2,1H3,(H,18,21);2*1H. The van der Waals surface area contributed by atoms with Crippen LogP contribution in [0.2, 0.25) is 0 Å². The number of rotatable bonds is 8. The molecule has 0 bridgehead atoms. The molecule has 0 radical (unpaired) electrons. The SMILES string of the molecule is COCCNC(=O)CN1CCN(C(=O)CCC2CCNC2)CC1.Cl.Cl. The average molecular weight is 399 g/mol. The molecule has 148 valence electrons. The molecule has 2 N–H and O–H groups in total. The van der Waals surface area contributed by atoms with E-state index >= 15 is 0 Å². The van der Waals surface area contributed by atoms with Crippen LogP contribution in [0.25, 0.3) is 0 Å². The fraction of sp³-hybridized carbons (Fsp3) is 0.875. The van der Waals surface area contributed by atoms with Crippen LogP contribution in [0.3, 0.4) is 0 Å². The molecule has 2 amide bonds. The van der Waals surface area contributed by atoms with Gasteiger partial charge in [0.2, 0.25) is 11.8 Å². The van der Waals surface area contributed by atoms with Gasteiger partial charge in [-0.05, 0) is 31.8 Å². The fourth-order valence-corrected chi connectivity index (χ4v) is 3.15. The lowest BCUT2D eigenvalue weighted by molar-refractivity contribution is -0.133. The van der Waals surface area contributed by atoms with Gasteiger partial charge in [0.25, 0.3) is 0 Å². The minimum absolute atomic E-state index is 0. The summed E-state index contributed by atoms with van der Waals surface area (Å²) in [5, 5.41) is 6.16. The second-order valence-electron chi connectivity index (χ2n) is 6.40. The van der Waals surface area contributed by atoms with Crippen molar-refractivity contribution in [2.75, 3.05) is 66.1 Å². The summed E-state index contributed by atoms with van der Waals surface area (Å²) in [4.78, 5) is 28.1. The Morgan fingerprint density at radius 2 is 1.92 bits per heavy atom. The molecule has 1 unspecified atom stereocenters. The van der Waals surface area contributed by atoms with E-state index in [0.29, 0.717) is 32.0 Å². The Morgan fingerprint density at radius 1 is 1.20 bits per heavy atom. The summed E-state index contributed by atoms with van der Waals surface area (Å²) in [6, 6.07) is 0. The molecule has 1 atom stereocenters. The van der Waals surface area contributed by atoms with Crippen LogP contribution < -0.4 is 10.6 Å². The van der Waals surface area contributed by atoms with Crippen LogP contribution in [0.4, 0.5) is 0 Å². The number of halogens is 2. The molecule has 25 heavy (non-hydrogen) atoms. The van der Waals surface area contributed by atoms with Crippen LogP contribution in [-0.4, -0.2) is 87.7 Å². The number of carbonyl (C=O) groups excluding carboxylic acids is 2. The number of nitrogens with one attached hydrogen (secondary N) is 2. The zero-order valence-corrected chi connectivity index (χ0v) is 16.6. The van der Waals surface area contributed by atoms with Crippen LogP contribution in [0.1, 0.15) is 19.3 Å². The number of hydrogen-bond donors (Lipinski definition) is 2. The van der Waals surface area contributed by atoms with Gasteiger partial charge in [-0.1, -0.05) is 0 Å². The lowest BCUT2D eigenvalue weighted by atomic mass is 10.0. The highest BCUT2D eigenvalue weighted by Gasteiger charge is 2.23. The van der Waals surface area contributed by atoms with E-state index in [1.807, 2.05) is 4.90 Å². The highest BCUT2D eigenvalue weighted by molar-refractivity contribution is 5.85. The Hall–Kier alpha value is -0.600. The molecule has 0 aliphatic carbocycles. The van der Waals surface area contributed by atoms with Gasteiger partial charge >= 0.3 is 0 Å². The predicted molar refractivity (Wildman–Crippen MR) is 103 cm³/mol. The van der Waals surface area contributed by atoms with Crippen LogP contribution in [-0.2, 0) is 14.3 Å². The van der Waals surface area contributed by atoms with E-state index in [4.69, 9.17) is 4.74 Å². The molecule has 2 saturated heterocycles. The molecule has 2 rings (SSSR count). The van der Waals surface area contributed by atoms with Gasteiger partial charge in [0.15, 0.2) is 0 Å². The van der Waals surface area contributed by atoms with Gasteiger partial charge in [-0.25, -0.2) is 0 Å². The number of hydrogen-bond acceptors (Lipinski definition) is 5. The summed E-state index contributed by atoms with van der Waals surface area (Å²) in [6.45, 7) is 6.63. The van der Waals surface area contributed by atoms with Crippen molar-refractivity contribution in [2.45, 2.75) is 19.3 Å². The smallest absolute Gasteiger partial charge is 0.234 e. The van der Waals surface area contributed by atoms with E-state index in [1.165, 1.54) is 6.42 Å². The van der Waals surface area contributed by atoms with E-state index in [9.17, 15) is 9.59 Å². The Labute approximate surface area is 163 Å². The molecule has 7 nitrogen and oxygen atoms in total. The number of piperazine rings is 1. The highest BCUT2D eigenvalue weighted by Crippen LogP contribution is 2.15. The Bertz CT molecular complexity index is 388. The summed E-state index contributed by atoms with van der Waals surface area (Å²) in [5.74, 6) is 0.952. The molecule has 2 aliphatic rings. The van der Waals surface area contributed by atoms with Gasteiger partial charge in [-0.2, -0.15) is 0 Å². The molecule has 0 saturated carbocycles. The van der Waals surface area contributed by atoms with E-state index in [-0.39, 0.29) is 36.6 Å². The van der Waals surface area contributed by atoms with Crippen LogP contribution in [0.5, 0.6) is 0 Å². The molecular formula is C16H32Cl2N4O3. The van der Waals surface area contributed by atoms with Crippen molar-refractivity contribution in [3.05, 3.63) is 0 Å². The van der Waals surface area contributed by atoms with E-state index < -0.39 is 0 Å². The first-order valence-electron chi connectivity index (χ1n) is 8.65. The molecule has 0 aromatic heterocycles. The number of nitrogens with zero attached hydrogens (tertiary/aromatic N) is 2. The summed E-state index contributed by atoms with van der Waals surface area (Å²) in [6.07, 6.45) is 2.84. The maximum Gasteiger partial charge on any atom is 0.234 e. The maximum absolute atomic E-state index is 12.3. The zero-order valence-electron chi connectivity index (χ0n) is 15.0. The molecular weight excluding hydrogens is 367 g/mol. The Kier molecular flexibility index (Phi) is 13.3. The van der Waals surface area contributed by atoms with Gasteiger partial charge in [0, 0.05) is 46.3 Å². The van der Waals surface area contributed by atoms with Crippen molar-refractivity contribution in [2.24, 2.45) is 5.92 Å². The lowest BCUT2D eigenvalue weighted by Gasteiger charge is -2.34. The average Bonchev–Trinajstić information content (AvgIpc) is 3.07. The van der Waals surface area contributed by atoms with Gasteiger partial charge in [0.1, 0.15) is 0 Å². The molecule has 0 spiro atoms. The van der Waals surface area contributed by atoms with Crippen molar-refractivity contribution in [1.29, 1.82) is 0 Å². The molecule has 2 aliphatic heterocycles. The van der Waals surface area contributed by atoms with Crippen molar-refractivity contribution >= 4 is 36.6 Å². The largest absolute Gasteiger partial charge is 0.383 e. The van der Waals surface area contributed by atoms with Gasteiger partial charge in [-0.3, -0.25) is 14.5 Å². The molecule has 0 aromatic rings. The monoisotopic (exact) mass is 398 g/mol. The van der Waals surface area contributed by atoms with Crippen LogP contribution in [0, 0.1) is 5.92 Å². The second kappa shape index (κ2) is 13.6. The number of amides is 2. The predicted octanol–water partition coefficient (Wildman–Crippen LogP) is 0.127. The van der Waals surface area contributed by atoms with Crippen molar-refractivity contribution in [3.8, 4) is 0 Å². The molecule has 0 aromatic carbocycles. The minimum atomic E-state index is 0. The second-order valence-corrected chi connectivity index (χ2v) is 6.40. The summed E-state index contributed by atoms with van der Waals surface area (Å²) >= 11 is 0. The van der Waals surface area contributed by atoms with Crippen LogP contribution >= 0.6 is 24.8 Å². The van der Waals surface area contributed by atoms with Gasteiger partial charge in [0.05, 0.1) is 13.2 Å². The van der Waals surface area contributed by atoms with E-state index in [2.05, 4.69) is 15.5 Å². The van der Waals surface area contributed by atoms with E-state index in [0.717, 1.165) is 45.7 Å². The topological polar surface area (TPSA) is 73.9 Å². The quantitative estimate of drug-likeness (QED) is 0.568. The Balaban J connectivity index is 0.00000288. The molecule has 2 heterocycles. The first kappa shape index (κ1) is 24.4. The number of methoxy groups -OCH3 is 1. The molecule has 2 fully saturated rings. The van der Waals surface area contributed by atoms with Gasteiger partial charge in [-0.15, -0.1) is 24.8 Å². The third-order valence-corrected chi connectivity index (χ3v) is 4.65. The maximum atomic E-state index is 12.3. The first-order valence-corrected chi connectivity index (χ1v) is 8.65. The number of ether oxygens (including phenoxy) is 1. The van der Waals surface area contributed by atoms with Crippen LogP contribution in [0.15, 0.2) is 0 Å². The summed E-state index contributed by atoms with van der Waals surface area (Å²) in [7, 11) is 1.62. The molecule has 9 heteroatoms. The van der Waals surface area contributed by atoms with Crippen molar-refractivity contribution in [1.82, 2.24) is 20.4 Å². The third-order valence-electron chi connectivity index (χ3n) is 4.65. The first-order chi connectivity index (χ1) is 11.2. The highest BCUT2D eigenvalue weighted by atomic mass is 35.5. The summed E-state index contributed by atoms with van der Waals surface area (Å²) < 4.78 is 4.91. The third kappa shape index (κ3) is 9.06. The zero-order chi connectivity index (χ0) is 16.5. The fourth-order valence-electron chi connectivity index (χ4n) is 3.15.